The smallest absolute Gasteiger partial charge is 0.148 e. The van der Waals surface area contributed by atoms with Crippen molar-refractivity contribution in [2.24, 2.45) is 0 Å². The minimum Gasteiger partial charge on any atom is -0.481 e. The third-order valence-electron chi connectivity index (χ3n) is 3.85. The van der Waals surface area contributed by atoms with Gasteiger partial charge < -0.3 is 10.1 Å². The van der Waals surface area contributed by atoms with Gasteiger partial charge in [0.1, 0.15) is 12.4 Å². The van der Waals surface area contributed by atoms with Gasteiger partial charge in [0.2, 0.25) is 0 Å². The fraction of sp³-hybridized carbons (Fsp3) is 0.529. The van der Waals surface area contributed by atoms with E-state index in [1.807, 2.05) is 12.1 Å². The van der Waals surface area contributed by atoms with E-state index < -0.39 is 0 Å². The van der Waals surface area contributed by atoms with Crippen LogP contribution in [0.4, 0.5) is 0 Å². The first-order valence-corrected chi connectivity index (χ1v) is 8.29. The number of hydrogen-bond donors (Lipinski definition) is 1. The Morgan fingerprint density at radius 3 is 2.90 bits per heavy atom. The van der Waals surface area contributed by atoms with Crippen LogP contribution in [0.1, 0.15) is 25.3 Å². The average molecular weight is 351 g/mol. The summed E-state index contributed by atoms with van der Waals surface area (Å²) in [5.41, 5.74) is 1.13. The summed E-state index contributed by atoms with van der Waals surface area (Å²) in [6, 6.07) is 6.60. The second kappa shape index (κ2) is 8.43. The Morgan fingerprint density at radius 1 is 1.43 bits per heavy atom. The number of terminal acetylenes is 1. The van der Waals surface area contributed by atoms with Crippen molar-refractivity contribution in [1.82, 2.24) is 10.2 Å². The lowest BCUT2D eigenvalue weighted by Gasteiger charge is -2.24. The molecular formula is C17H23BrN2O. The maximum atomic E-state index is 5.59. The molecule has 1 atom stereocenters. The fourth-order valence-electron chi connectivity index (χ4n) is 2.67. The molecule has 0 aliphatic carbocycles. The lowest BCUT2D eigenvalue weighted by atomic mass is 10.2. The van der Waals surface area contributed by atoms with Crippen LogP contribution >= 0.6 is 15.9 Å². The van der Waals surface area contributed by atoms with Gasteiger partial charge in [-0.1, -0.05) is 21.9 Å². The highest BCUT2D eigenvalue weighted by molar-refractivity contribution is 9.10. The second-order valence-electron chi connectivity index (χ2n) is 5.47. The summed E-state index contributed by atoms with van der Waals surface area (Å²) < 4.78 is 6.65. The molecule has 1 N–H and O–H groups in total. The van der Waals surface area contributed by atoms with E-state index in [0.29, 0.717) is 12.6 Å². The Morgan fingerprint density at radius 2 is 2.19 bits per heavy atom. The van der Waals surface area contributed by atoms with Gasteiger partial charge in [-0.25, -0.2) is 0 Å². The topological polar surface area (TPSA) is 24.5 Å². The molecule has 21 heavy (non-hydrogen) atoms. The van der Waals surface area contributed by atoms with Crippen LogP contribution in [0.25, 0.3) is 0 Å². The minimum absolute atomic E-state index is 0.304. The first-order valence-electron chi connectivity index (χ1n) is 7.50. The number of rotatable bonds is 7. The van der Waals surface area contributed by atoms with Crippen molar-refractivity contribution in [3.8, 4) is 18.1 Å². The summed E-state index contributed by atoms with van der Waals surface area (Å²) in [7, 11) is 0. The lowest BCUT2D eigenvalue weighted by Crippen LogP contribution is -2.38. The van der Waals surface area contributed by atoms with Gasteiger partial charge >= 0.3 is 0 Å². The molecule has 1 heterocycles. The Bertz CT molecular complexity index is 492. The molecule has 1 aliphatic heterocycles. The highest BCUT2D eigenvalue weighted by Crippen LogP contribution is 2.23. The van der Waals surface area contributed by atoms with E-state index in [-0.39, 0.29) is 0 Å². The molecule has 1 aromatic rings. The molecule has 1 fully saturated rings. The van der Waals surface area contributed by atoms with Crippen molar-refractivity contribution in [2.45, 2.75) is 32.4 Å². The van der Waals surface area contributed by atoms with Crippen LogP contribution in [0.15, 0.2) is 22.7 Å². The van der Waals surface area contributed by atoms with Crippen molar-refractivity contribution >= 4 is 15.9 Å². The molecule has 2 rings (SSSR count). The van der Waals surface area contributed by atoms with E-state index in [2.05, 4.69) is 45.1 Å². The van der Waals surface area contributed by atoms with Gasteiger partial charge in [-0.2, -0.15) is 0 Å². The predicted molar refractivity (Wildman–Crippen MR) is 90.4 cm³/mol. The number of benzene rings is 1. The molecule has 0 radical (unpaired) electrons. The van der Waals surface area contributed by atoms with Crippen LogP contribution in [0, 0.1) is 12.3 Å². The fourth-order valence-corrected chi connectivity index (χ4v) is 3.08. The summed E-state index contributed by atoms with van der Waals surface area (Å²) in [4.78, 5) is 2.55. The first kappa shape index (κ1) is 16.4. The van der Waals surface area contributed by atoms with Crippen LogP contribution in [-0.2, 0) is 6.54 Å². The quantitative estimate of drug-likeness (QED) is 0.765. The summed E-state index contributed by atoms with van der Waals surface area (Å²) in [6.07, 6.45) is 7.93. The number of ether oxygens (including phenoxy) is 1. The molecule has 0 amide bonds. The van der Waals surface area contributed by atoms with Gasteiger partial charge in [0.25, 0.3) is 0 Å². The highest BCUT2D eigenvalue weighted by Gasteiger charge is 2.17. The molecule has 1 saturated heterocycles. The van der Waals surface area contributed by atoms with Crippen molar-refractivity contribution in [3.63, 3.8) is 0 Å². The molecule has 1 aromatic carbocycles. The van der Waals surface area contributed by atoms with Gasteiger partial charge in [-0.15, -0.1) is 6.42 Å². The Balaban J connectivity index is 1.86. The normalized spacial score (nSPS) is 16.6. The molecule has 114 valence electrons. The van der Waals surface area contributed by atoms with Crippen molar-refractivity contribution < 1.29 is 4.74 Å². The van der Waals surface area contributed by atoms with Gasteiger partial charge in [-0.3, -0.25) is 4.90 Å². The van der Waals surface area contributed by atoms with Gasteiger partial charge in [0.05, 0.1) is 0 Å². The van der Waals surface area contributed by atoms with Crippen LogP contribution in [0.3, 0.4) is 0 Å². The SMILES string of the molecule is C#CCOc1ccc(Br)cc1CNCC(C)N1CCCC1. The van der Waals surface area contributed by atoms with Crippen LogP contribution < -0.4 is 10.1 Å². The van der Waals surface area contributed by atoms with Crippen LogP contribution in [0.2, 0.25) is 0 Å². The molecular weight excluding hydrogens is 328 g/mol. The number of likely N-dealkylation sites (tertiary alicyclic amines) is 1. The van der Waals surface area contributed by atoms with E-state index in [1.54, 1.807) is 0 Å². The molecule has 1 aliphatic rings. The lowest BCUT2D eigenvalue weighted by molar-refractivity contribution is 0.251. The van der Waals surface area contributed by atoms with Crippen molar-refractivity contribution in [2.75, 3.05) is 26.2 Å². The molecule has 1 unspecified atom stereocenters. The minimum atomic E-state index is 0.304. The van der Waals surface area contributed by atoms with Crippen molar-refractivity contribution in [3.05, 3.63) is 28.2 Å². The standard InChI is InChI=1S/C17H23BrN2O/c1-3-10-21-17-7-6-16(18)11-15(17)13-19-12-14(2)20-8-4-5-9-20/h1,6-7,11,14,19H,4-5,8-10,12-13H2,2H3. The molecule has 4 heteroatoms. The average Bonchev–Trinajstić information content (AvgIpc) is 3.00. The van der Waals surface area contributed by atoms with E-state index in [0.717, 1.165) is 28.9 Å². The summed E-state index contributed by atoms with van der Waals surface area (Å²) in [5, 5.41) is 3.53. The third kappa shape index (κ3) is 5.03. The van der Waals surface area contributed by atoms with Crippen LogP contribution in [0.5, 0.6) is 5.75 Å². The summed E-state index contributed by atoms with van der Waals surface area (Å²) in [6.45, 7) is 6.83. The molecule has 0 spiro atoms. The second-order valence-corrected chi connectivity index (χ2v) is 6.38. The predicted octanol–water partition coefficient (Wildman–Crippen LogP) is 3.04. The Labute approximate surface area is 136 Å². The maximum absolute atomic E-state index is 5.59. The molecule has 0 aromatic heterocycles. The van der Waals surface area contributed by atoms with E-state index in [9.17, 15) is 0 Å². The van der Waals surface area contributed by atoms with Gasteiger partial charge in [0, 0.05) is 29.2 Å². The number of nitrogens with one attached hydrogen (secondary N) is 1. The molecule has 0 saturated carbocycles. The summed E-state index contributed by atoms with van der Waals surface area (Å²) in [5.74, 6) is 3.37. The zero-order valence-corrected chi connectivity index (χ0v) is 14.2. The number of nitrogens with zero attached hydrogens (tertiary/aromatic N) is 1. The zero-order valence-electron chi connectivity index (χ0n) is 12.6. The molecule has 3 nitrogen and oxygen atoms in total. The maximum Gasteiger partial charge on any atom is 0.148 e. The van der Waals surface area contributed by atoms with Crippen molar-refractivity contribution in [1.29, 1.82) is 0 Å². The first-order chi connectivity index (χ1) is 10.2. The zero-order chi connectivity index (χ0) is 15.1. The highest BCUT2D eigenvalue weighted by atomic mass is 79.9. The number of halogens is 1. The Hall–Kier alpha value is -1.02. The number of hydrogen-bond acceptors (Lipinski definition) is 3. The third-order valence-corrected chi connectivity index (χ3v) is 4.35. The van der Waals surface area contributed by atoms with E-state index in [1.165, 1.54) is 25.9 Å². The largest absolute Gasteiger partial charge is 0.481 e. The van der Waals surface area contributed by atoms with E-state index in [4.69, 9.17) is 11.2 Å². The molecule has 0 bridgehead atoms. The summed E-state index contributed by atoms with van der Waals surface area (Å²) >= 11 is 3.51. The van der Waals surface area contributed by atoms with E-state index >= 15 is 0 Å². The van der Waals surface area contributed by atoms with Gasteiger partial charge in [-0.05, 0) is 51.1 Å². The Kier molecular flexibility index (Phi) is 6.56. The van der Waals surface area contributed by atoms with Gasteiger partial charge in [0.15, 0.2) is 0 Å². The monoisotopic (exact) mass is 350 g/mol. The van der Waals surface area contributed by atoms with Crippen LogP contribution in [-0.4, -0.2) is 37.2 Å².